The van der Waals surface area contributed by atoms with Gasteiger partial charge in [-0.25, -0.2) is 4.79 Å². The second-order valence-corrected chi connectivity index (χ2v) is 5.45. The van der Waals surface area contributed by atoms with Crippen molar-refractivity contribution in [2.75, 3.05) is 25.0 Å². The number of carbonyl (C=O) groups is 1. The molecule has 1 aromatic heterocycles. The number of carbonyl (C=O) groups excluding carboxylic acids is 1. The third-order valence-corrected chi connectivity index (χ3v) is 3.72. The van der Waals surface area contributed by atoms with E-state index in [2.05, 4.69) is 15.0 Å². The minimum absolute atomic E-state index is 0.0195. The van der Waals surface area contributed by atoms with Gasteiger partial charge in [0.15, 0.2) is 0 Å². The van der Waals surface area contributed by atoms with Crippen LogP contribution in [0.2, 0.25) is 0 Å². The number of nitrogens with zero attached hydrogens (tertiary/aromatic N) is 2. The minimum atomic E-state index is -2.93. The van der Waals surface area contributed by atoms with Gasteiger partial charge in [-0.15, -0.1) is 0 Å². The van der Waals surface area contributed by atoms with E-state index in [0.717, 1.165) is 0 Å². The van der Waals surface area contributed by atoms with Crippen molar-refractivity contribution in [3.63, 3.8) is 0 Å². The molecule has 128 valence electrons. The van der Waals surface area contributed by atoms with E-state index in [-0.39, 0.29) is 17.9 Å². The van der Waals surface area contributed by atoms with Crippen LogP contribution in [0.15, 0.2) is 30.5 Å². The molecule has 0 spiro atoms. The summed E-state index contributed by atoms with van der Waals surface area (Å²) < 4.78 is 34.9. The zero-order valence-corrected chi connectivity index (χ0v) is 13.0. The maximum atomic E-state index is 12.5. The molecule has 1 aliphatic heterocycles. The number of amides is 2. The van der Waals surface area contributed by atoms with E-state index < -0.39 is 6.61 Å². The number of benzene rings is 1. The zero-order chi connectivity index (χ0) is 17.1. The summed E-state index contributed by atoms with van der Waals surface area (Å²) in [7, 11) is 0. The van der Waals surface area contributed by atoms with Gasteiger partial charge >= 0.3 is 12.6 Å². The topological polar surface area (TPSA) is 63.7 Å². The van der Waals surface area contributed by atoms with Crippen LogP contribution in [0.4, 0.5) is 19.3 Å². The number of hydrogen-bond donors (Lipinski definition) is 1. The average molecular weight is 337 g/mol. The van der Waals surface area contributed by atoms with E-state index in [9.17, 15) is 13.6 Å². The number of rotatable bonds is 3. The highest BCUT2D eigenvalue weighted by atomic mass is 19.3. The number of morpholine rings is 1. The smallest absolute Gasteiger partial charge is 0.387 e. The molecule has 1 fully saturated rings. The lowest BCUT2D eigenvalue weighted by atomic mass is 10.1. The number of ether oxygens (including phenoxy) is 2. The van der Waals surface area contributed by atoms with Crippen molar-refractivity contribution in [2.45, 2.75) is 19.6 Å². The van der Waals surface area contributed by atoms with E-state index in [1.807, 2.05) is 6.92 Å². The monoisotopic (exact) mass is 337 g/mol. The van der Waals surface area contributed by atoms with Crippen molar-refractivity contribution >= 4 is 22.6 Å². The first-order valence-corrected chi connectivity index (χ1v) is 7.54. The molecule has 0 radical (unpaired) electrons. The van der Waals surface area contributed by atoms with Gasteiger partial charge < -0.3 is 19.7 Å². The Bertz CT molecular complexity index is 742. The van der Waals surface area contributed by atoms with Gasteiger partial charge in [0.2, 0.25) is 0 Å². The predicted molar refractivity (Wildman–Crippen MR) is 84.4 cm³/mol. The average Bonchev–Trinajstić information content (AvgIpc) is 2.56. The summed E-state index contributed by atoms with van der Waals surface area (Å²) in [4.78, 5) is 18.2. The summed E-state index contributed by atoms with van der Waals surface area (Å²) in [5, 5.41) is 3.19. The molecule has 2 aromatic rings. The lowest BCUT2D eigenvalue weighted by Gasteiger charge is -2.31. The van der Waals surface area contributed by atoms with Gasteiger partial charge in [-0.1, -0.05) is 0 Å². The Morgan fingerprint density at radius 2 is 2.29 bits per heavy atom. The van der Waals surface area contributed by atoms with Gasteiger partial charge in [0.25, 0.3) is 0 Å². The summed E-state index contributed by atoms with van der Waals surface area (Å²) in [6, 6.07) is 5.87. The number of hydrogen-bond acceptors (Lipinski definition) is 4. The molecule has 8 heteroatoms. The third kappa shape index (κ3) is 3.53. The Morgan fingerprint density at radius 3 is 3.04 bits per heavy atom. The predicted octanol–water partition coefficient (Wildman–Crippen LogP) is 3.09. The van der Waals surface area contributed by atoms with Gasteiger partial charge in [0.05, 0.1) is 23.9 Å². The molecule has 0 saturated carbocycles. The van der Waals surface area contributed by atoms with Gasteiger partial charge in [-0.2, -0.15) is 8.78 Å². The third-order valence-electron chi connectivity index (χ3n) is 3.72. The van der Waals surface area contributed by atoms with Gasteiger partial charge in [0, 0.05) is 24.7 Å². The first kappa shape index (κ1) is 16.4. The van der Waals surface area contributed by atoms with Crippen LogP contribution in [-0.4, -0.2) is 48.3 Å². The normalized spacial score (nSPS) is 18.0. The maximum Gasteiger partial charge on any atom is 0.387 e. The Kier molecular flexibility index (Phi) is 4.75. The van der Waals surface area contributed by atoms with Crippen molar-refractivity contribution in [1.82, 2.24) is 9.88 Å². The van der Waals surface area contributed by atoms with Gasteiger partial charge in [-0.05, 0) is 31.2 Å². The van der Waals surface area contributed by atoms with Crippen LogP contribution in [0.5, 0.6) is 5.75 Å². The van der Waals surface area contributed by atoms with Crippen LogP contribution in [0.25, 0.3) is 10.9 Å². The number of pyridine rings is 1. The van der Waals surface area contributed by atoms with Crippen LogP contribution in [0.3, 0.4) is 0 Å². The Labute approximate surface area is 137 Å². The van der Waals surface area contributed by atoms with Crippen molar-refractivity contribution in [2.24, 2.45) is 0 Å². The largest absolute Gasteiger partial charge is 0.434 e. The molecule has 1 atom stereocenters. The number of nitrogens with one attached hydrogen (secondary N) is 1. The Morgan fingerprint density at radius 1 is 1.46 bits per heavy atom. The van der Waals surface area contributed by atoms with Crippen LogP contribution >= 0.6 is 0 Å². The summed E-state index contributed by atoms with van der Waals surface area (Å²) >= 11 is 0. The Hall–Kier alpha value is -2.48. The molecule has 6 nitrogen and oxygen atoms in total. The number of anilines is 1. The highest BCUT2D eigenvalue weighted by Gasteiger charge is 2.22. The number of aromatic nitrogens is 1. The van der Waals surface area contributed by atoms with Crippen LogP contribution in [0.1, 0.15) is 6.92 Å². The highest BCUT2D eigenvalue weighted by molar-refractivity contribution is 6.01. The summed E-state index contributed by atoms with van der Waals surface area (Å²) in [6.07, 6.45) is 1.50. The number of halogens is 2. The first-order valence-electron chi connectivity index (χ1n) is 7.54. The second-order valence-electron chi connectivity index (χ2n) is 5.45. The molecule has 3 rings (SSSR count). The standard InChI is InChI=1S/C16H17F2N3O3/c1-10-9-21(7-8-23-10)16(22)20-12-4-5-13(24-15(17)18)11-3-2-6-19-14(11)12/h2-6,10,15H,7-9H2,1H3,(H,20,22)/t10-/m0/s1. The fourth-order valence-electron chi connectivity index (χ4n) is 2.64. The van der Waals surface area contributed by atoms with E-state index in [1.165, 1.54) is 18.3 Å². The van der Waals surface area contributed by atoms with Crippen LogP contribution < -0.4 is 10.1 Å². The van der Waals surface area contributed by atoms with Gasteiger partial charge in [0.1, 0.15) is 5.75 Å². The van der Waals surface area contributed by atoms with E-state index in [1.54, 1.807) is 17.0 Å². The molecule has 1 aromatic carbocycles. The molecule has 24 heavy (non-hydrogen) atoms. The number of alkyl halides is 2. The van der Waals surface area contributed by atoms with Crippen molar-refractivity contribution in [3.8, 4) is 5.75 Å². The maximum absolute atomic E-state index is 12.5. The first-order chi connectivity index (χ1) is 11.5. The number of urea groups is 1. The van der Waals surface area contributed by atoms with E-state index in [4.69, 9.17) is 4.74 Å². The summed E-state index contributed by atoms with van der Waals surface area (Å²) in [5.74, 6) is 0.0195. The Balaban J connectivity index is 1.86. The molecule has 0 aliphatic carbocycles. The summed E-state index contributed by atoms with van der Waals surface area (Å²) in [6.45, 7) is 0.433. The molecule has 1 aliphatic rings. The SMILES string of the molecule is C[C@H]1CN(C(=O)Nc2ccc(OC(F)F)c3cccnc23)CCO1. The van der Waals surface area contributed by atoms with E-state index >= 15 is 0 Å². The summed E-state index contributed by atoms with van der Waals surface area (Å²) in [5.41, 5.74) is 0.835. The molecule has 0 unspecified atom stereocenters. The molecule has 2 heterocycles. The molecule has 0 bridgehead atoms. The van der Waals surface area contributed by atoms with Crippen molar-refractivity contribution < 1.29 is 23.0 Å². The van der Waals surface area contributed by atoms with Crippen molar-refractivity contribution in [1.29, 1.82) is 0 Å². The molecule has 2 amide bonds. The van der Waals surface area contributed by atoms with Crippen molar-refractivity contribution in [3.05, 3.63) is 30.5 Å². The molecule has 1 N–H and O–H groups in total. The fraction of sp³-hybridized carbons (Fsp3) is 0.375. The second kappa shape index (κ2) is 6.96. The van der Waals surface area contributed by atoms with Crippen LogP contribution in [0, 0.1) is 0 Å². The minimum Gasteiger partial charge on any atom is -0.434 e. The quantitative estimate of drug-likeness (QED) is 0.935. The molecule has 1 saturated heterocycles. The lowest BCUT2D eigenvalue weighted by molar-refractivity contribution is -0.0487. The highest BCUT2D eigenvalue weighted by Crippen LogP contribution is 2.31. The number of fused-ring (bicyclic) bond motifs is 1. The molecular weight excluding hydrogens is 320 g/mol. The fourth-order valence-corrected chi connectivity index (χ4v) is 2.64. The lowest BCUT2D eigenvalue weighted by Crippen LogP contribution is -2.46. The molecular formula is C16H17F2N3O3. The van der Waals surface area contributed by atoms with Gasteiger partial charge in [-0.3, -0.25) is 4.98 Å². The van der Waals surface area contributed by atoms with Crippen LogP contribution in [-0.2, 0) is 4.74 Å². The zero-order valence-electron chi connectivity index (χ0n) is 13.0. The van der Waals surface area contributed by atoms with E-state index in [0.29, 0.717) is 36.3 Å².